The van der Waals surface area contributed by atoms with Gasteiger partial charge in [-0.25, -0.2) is 0 Å². The molecule has 7 heteroatoms. The Morgan fingerprint density at radius 1 is 1.21 bits per heavy atom. The van der Waals surface area contributed by atoms with E-state index in [0.717, 1.165) is 16.8 Å². The molecule has 0 bridgehead atoms. The number of aromatic nitrogens is 3. The van der Waals surface area contributed by atoms with Gasteiger partial charge in [-0.05, 0) is 38.8 Å². The van der Waals surface area contributed by atoms with Crippen molar-refractivity contribution in [1.29, 1.82) is 0 Å². The van der Waals surface area contributed by atoms with Crippen LogP contribution in [0.25, 0.3) is 11.1 Å². The van der Waals surface area contributed by atoms with E-state index in [2.05, 4.69) is 15.5 Å². The molecule has 0 aliphatic rings. The summed E-state index contributed by atoms with van der Waals surface area (Å²) in [6.45, 7) is 7.06. The number of carbonyl (C=O) groups is 1. The first kappa shape index (κ1) is 15.9. The lowest BCUT2D eigenvalue weighted by atomic mass is 10.1. The van der Waals surface area contributed by atoms with Crippen LogP contribution in [0.5, 0.6) is 0 Å². The zero-order valence-corrected chi connectivity index (χ0v) is 14.0. The number of anilines is 1. The normalized spacial score (nSPS) is 11.0. The number of hydrogen-bond acceptors (Lipinski definition) is 5. The van der Waals surface area contributed by atoms with Gasteiger partial charge in [0.15, 0.2) is 0 Å². The van der Waals surface area contributed by atoms with Gasteiger partial charge in [0.25, 0.3) is 11.3 Å². The molecule has 1 amide bonds. The largest absolute Gasteiger partial charge is 0.335 e. The molecule has 124 valence electrons. The predicted octanol–water partition coefficient (Wildman–Crippen LogP) is 2.26. The Kier molecular flexibility index (Phi) is 3.92. The Morgan fingerprint density at radius 3 is 2.54 bits per heavy atom. The second-order valence-electron chi connectivity index (χ2n) is 5.81. The predicted molar refractivity (Wildman–Crippen MR) is 90.1 cm³/mol. The molecule has 0 saturated carbocycles. The fraction of sp³-hybridized carbons (Fsp3) is 0.294. The molecule has 2 heterocycles. The highest BCUT2D eigenvalue weighted by atomic mass is 16.5. The summed E-state index contributed by atoms with van der Waals surface area (Å²) in [5, 5.41) is 6.94. The Labute approximate surface area is 138 Å². The third kappa shape index (κ3) is 2.68. The van der Waals surface area contributed by atoms with E-state index in [0.29, 0.717) is 16.9 Å². The standard InChI is InChI=1S/C17H18N4O3/c1-9-6-5-7-10(2)15(9)19-13(22)8-21-12(4)18-16-14(17(21)23)11(3)20-24-16/h5-7H,8H2,1-4H3,(H,19,22). The van der Waals surface area contributed by atoms with Crippen molar-refractivity contribution in [2.45, 2.75) is 34.2 Å². The van der Waals surface area contributed by atoms with Crippen LogP contribution in [0.1, 0.15) is 22.6 Å². The van der Waals surface area contributed by atoms with E-state index in [9.17, 15) is 9.59 Å². The van der Waals surface area contributed by atoms with Crippen LogP contribution in [0, 0.1) is 27.7 Å². The van der Waals surface area contributed by atoms with Crippen molar-refractivity contribution in [2.24, 2.45) is 0 Å². The number of fused-ring (bicyclic) bond motifs is 1. The van der Waals surface area contributed by atoms with Crippen LogP contribution >= 0.6 is 0 Å². The number of rotatable bonds is 3. The number of aryl methyl sites for hydroxylation is 4. The monoisotopic (exact) mass is 326 g/mol. The van der Waals surface area contributed by atoms with E-state index in [-0.39, 0.29) is 23.7 Å². The van der Waals surface area contributed by atoms with Gasteiger partial charge in [0, 0.05) is 5.69 Å². The minimum absolute atomic E-state index is 0.119. The van der Waals surface area contributed by atoms with Gasteiger partial charge in [-0.2, -0.15) is 4.98 Å². The number of amides is 1. The molecule has 0 atom stereocenters. The van der Waals surface area contributed by atoms with Crippen molar-refractivity contribution < 1.29 is 9.32 Å². The molecule has 3 aromatic rings. The first-order chi connectivity index (χ1) is 11.4. The fourth-order valence-corrected chi connectivity index (χ4v) is 2.69. The van der Waals surface area contributed by atoms with Crippen LogP contribution in [-0.4, -0.2) is 20.6 Å². The Bertz CT molecular complexity index is 981. The van der Waals surface area contributed by atoms with Crippen LogP contribution in [0.15, 0.2) is 27.5 Å². The third-order valence-electron chi connectivity index (χ3n) is 4.00. The van der Waals surface area contributed by atoms with Crippen molar-refractivity contribution in [3.8, 4) is 0 Å². The van der Waals surface area contributed by atoms with E-state index < -0.39 is 0 Å². The summed E-state index contributed by atoms with van der Waals surface area (Å²) in [4.78, 5) is 29.2. The molecule has 0 saturated heterocycles. The molecule has 0 fully saturated rings. The zero-order chi connectivity index (χ0) is 17.4. The van der Waals surface area contributed by atoms with Crippen molar-refractivity contribution in [3.05, 3.63) is 51.2 Å². The second-order valence-corrected chi connectivity index (χ2v) is 5.81. The topological polar surface area (TPSA) is 90.0 Å². The van der Waals surface area contributed by atoms with Gasteiger partial charge in [0.1, 0.15) is 17.8 Å². The summed E-state index contributed by atoms with van der Waals surface area (Å²) in [5.41, 5.74) is 3.04. The Morgan fingerprint density at radius 2 is 1.88 bits per heavy atom. The van der Waals surface area contributed by atoms with E-state index >= 15 is 0 Å². The van der Waals surface area contributed by atoms with E-state index in [1.54, 1.807) is 13.8 Å². The van der Waals surface area contributed by atoms with Gasteiger partial charge in [0.2, 0.25) is 5.91 Å². The van der Waals surface area contributed by atoms with Crippen molar-refractivity contribution in [3.63, 3.8) is 0 Å². The number of nitrogens with one attached hydrogen (secondary N) is 1. The number of nitrogens with zero attached hydrogens (tertiary/aromatic N) is 3. The highest BCUT2D eigenvalue weighted by Crippen LogP contribution is 2.19. The maximum absolute atomic E-state index is 12.6. The summed E-state index contributed by atoms with van der Waals surface area (Å²) < 4.78 is 6.35. The molecule has 0 spiro atoms. The molecule has 7 nitrogen and oxygen atoms in total. The molecule has 0 aliphatic carbocycles. The maximum atomic E-state index is 12.6. The average Bonchev–Trinajstić information content (AvgIpc) is 2.88. The number of carbonyl (C=O) groups excluding carboxylic acids is 1. The number of para-hydroxylation sites is 1. The molecule has 2 aromatic heterocycles. The molecular weight excluding hydrogens is 308 g/mol. The lowest BCUT2D eigenvalue weighted by Crippen LogP contribution is -2.30. The fourth-order valence-electron chi connectivity index (χ4n) is 2.69. The van der Waals surface area contributed by atoms with E-state index in [1.165, 1.54) is 4.57 Å². The first-order valence-electron chi connectivity index (χ1n) is 7.58. The average molecular weight is 326 g/mol. The second kappa shape index (κ2) is 5.92. The SMILES string of the molecule is Cc1cccc(C)c1NC(=O)Cn1c(C)nc2onc(C)c2c1=O. The van der Waals surface area contributed by atoms with Gasteiger partial charge in [-0.3, -0.25) is 14.2 Å². The minimum Gasteiger partial charge on any atom is -0.335 e. The van der Waals surface area contributed by atoms with Crippen LogP contribution < -0.4 is 10.9 Å². The molecular formula is C17H18N4O3. The highest BCUT2D eigenvalue weighted by molar-refractivity contribution is 5.92. The van der Waals surface area contributed by atoms with Crippen LogP contribution in [0.3, 0.4) is 0 Å². The summed E-state index contributed by atoms with van der Waals surface area (Å²) in [6, 6.07) is 5.78. The zero-order valence-electron chi connectivity index (χ0n) is 14.0. The van der Waals surface area contributed by atoms with Gasteiger partial charge < -0.3 is 9.84 Å². The molecule has 0 radical (unpaired) electrons. The van der Waals surface area contributed by atoms with Gasteiger partial charge >= 0.3 is 0 Å². The van der Waals surface area contributed by atoms with Crippen molar-refractivity contribution in [2.75, 3.05) is 5.32 Å². The van der Waals surface area contributed by atoms with Gasteiger partial charge in [-0.1, -0.05) is 23.4 Å². The summed E-state index contributed by atoms with van der Waals surface area (Å²) in [5.74, 6) is 0.119. The smallest absolute Gasteiger partial charge is 0.267 e. The lowest BCUT2D eigenvalue weighted by Gasteiger charge is -2.13. The molecule has 3 rings (SSSR count). The molecule has 0 unspecified atom stereocenters. The number of hydrogen-bond donors (Lipinski definition) is 1. The summed E-state index contributed by atoms with van der Waals surface area (Å²) in [7, 11) is 0. The molecule has 1 aromatic carbocycles. The minimum atomic E-state index is -0.326. The quantitative estimate of drug-likeness (QED) is 0.797. The van der Waals surface area contributed by atoms with Crippen LogP contribution in [0.2, 0.25) is 0 Å². The first-order valence-corrected chi connectivity index (χ1v) is 7.58. The van der Waals surface area contributed by atoms with Crippen LogP contribution in [0.4, 0.5) is 5.69 Å². The number of benzene rings is 1. The van der Waals surface area contributed by atoms with E-state index in [4.69, 9.17) is 4.52 Å². The van der Waals surface area contributed by atoms with Gasteiger partial charge in [0.05, 0.1) is 5.69 Å². The van der Waals surface area contributed by atoms with Crippen molar-refractivity contribution in [1.82, 2.24) is 14.7 Å². The molecule has 0 aliphatic heterocycles. The Balaban J connectivity index is 1.94. The van der Waals surface area contributed by atoms with Crippen molar-refractivity contribution >= 4 is 22.7 Å². The maximum Gasteiger partial charge on any atom is 0.267 e. The third-order valence-corrected chi connectivity index (χ3v) is 4.00. The summed E-state index contributed by atoms with van der Waals surface area (Å²) in [6.07, 6.45) is 0. The lowest BCUT2D eigenvalue weighted by molar-refractivity contribution is -0.116. The molecule has 1 N–H and O–H groups in total. The molecule has 24 heavy (non-hydrogen) atoms. The van der Waals surface area contributed by atoms with E-state index in [1.807, 2.05) is 32.0 Å². The van der Waals surface area contributed by atoms with Gasteiger partial charge in [-0.15, -0.1) is 0 Å². The highest BCUT2D eigenvalue weighted by Gasteiger charge is 2.17. The Hall–Kier alpha value is -2.96. The summed E-state index contributed by atoms with van der Waals surface area (Å²) >= 11 is 0. The van der Waals surface area contributed by atoms with Crippen LogP contribution in [-0.2, 0) is 11.3 Å².